The minimum Gasteiger partial charge on any atom is -0.461 e. The zero-order valence-corrected chi connectivity index (χ0v) is 11.8. The van der Waals surface area contributed by atoms with Gasteiger partial charge in [0.25, 0.3) is 0 Å². The van der Waals surface area contributed by atoms with Crippen LogP contribution in [0.1, 0.15) is 51.9 Å². The van der Waals surface area contributed by atoms with Crippen LogP contribution in [0.15, 0.2) is 12.2 Å². The van der Waals surface area contributed by atoms with E-state index in [0.29, 0.717) is 13.0 Å². The third-order valence-corrected chi connectivity index (χ3v) is 2.81. The first-order valence-corrected chi connectivity index (χ1v) is 7.30. The molecule has 0 bridgehead atoms. The first-order valence-electron chi connectivity index (χ1n) is 6.17. The van der Waals surface area contributed by atoms with Gasteiger partial charge in [0.2, 0.25) is 0 Å². The summed E-state index contributed by atoms with van der Waals surface area (Å²) in [5.41, 5.74) is 0. The Hall–Kier alpha value is -0.310. The van der Waals surface area contributed by atoms with Gasteiger partial charge in [-0.3, -0.25) is 4.79 Å². The summed E-state index contributed by atoms with van der Waals surface area (Å²) in [5.74, 6) is -0.102. The smallest absolute Gasteiger partial charge is 0.306 e. The molecule has 0 fully saturated rings. The first-order chi connectivity index (χ1) is 7.81. The van der Waals surface area contributed by atoms with Crippen LogP contribution in [-0.4, -0.2) is 17.9 Å². The van der Waals surface area contributed by atoms with Gasteiger partial charge < -0.3 is 4.74 Å². The molecule has 0 rings (SSSR count). The van der Waals surface area contributed by atoms with Crippen molar-refractivity contribution < 1.29 is 9.53 Å². The highest BCUT2D eigenvalue weighted by Gasteiger charge is 1.99. The molecule has 0 aliphatic carbocycles. The van der Waals surface area contributed by atoms with Gasteiger partial charge in [-0.1, -0.05) is 54.3 Å². The summed E-state index contributed by atoms with van der Waals surface area (Å²) in [6.45, 7) is 2.64. The number of carbonyl (C=O) groups excluding carboxylic acids is 1. The quantitative estimate of drug-likeness (QED) is 0.260. The number of unbranched alkanes of at least 4 members (excludes halogenated alkanes) is 4. The highest BCUT2D eigenvalue weighted by Crippen LogP contribution is 2.03. The largest absolute Gasteiger partial charge is 0.461 e. The Bertz CT molecular complexity index is 190. The zero-order chi connectivity index (χ0) is 12.1. The molecule has 0 N–H and O–H groups in total. The molecule has 16 heavy (non-hydrogen) atoms. The minimum atomic E-state index is -0.102. The molecule has 0 saturated heterocycles. The molecule has 0 aromatic heterocycles. The third-order valence-electron chi connectivity index (χ3n) is 2.25. The lowest BCUT2D eigenvalue weighted by Crippen LogP contribution is -2.04. The second-order valence-electron chi connectivity index (χ2n) is 3.80. The van der Waals surface area contributed by atoms with Crippen molar-refractivity contribution in [3.05, 3.63) is 12.2 Å². The molecule has 0 unspecified atom stereocenters. The van der Waals surface area contributed by atoms with E-state index >= 15 is 0 Å². The van der Waals surface area contributed by atoms with Crippen LogP contribution in [-0.2, 0) is 9.53 Å². The summed E-state index contributed by atoms with van der Waals surface area (Å²) in [6.07, 6.45) is 11.6. The van der Waals surface area contributed by atoms with Gasteiger partial charge in [0.05, 0.1) is 0 Å². The highest BCUT2D eigenvalue weighted by molar-refractivity contribution is 9.09. The number of alkyl halides is 1. The molecule has 0 aliphatic rings. The van der Waals surface area contributed by atoms with Crippen LogP contribution in [0.3, 0.4) is 0 Å². The van der Waals surface area contributed by atoms with Crippen molar-refractivity contribution in [2.45, 2.75) is 51.9 Å². The highest BCUT2D eigenvalue weighted by atomic mass is 79.9. The van der Waals surface area contributed by atoms with E-state index in [1.807, 2.05) is 6.08 Å². The molecule has 0 aromatic rings. The van der Waals surface area contributed by atoms with Gasteiger partial charge >= 0.3 is 5.97 Å². The van der Waals surface area contributed by atoms with Gasteiger partial charge in [0.15, 0.2) is 0 Å². The molecule has 0 aliphatic heterocycles. The van der Waals surface area contributed by atoms with Crippen LogP contribution < -0.4 is 0 Å². The number of ether oxygens (including phenoxy) is 1. The van der Waals surface area contributed by atoms with Gasteiger partial charge in [0.1, 0.15) is 6.61 Å². The summed E-state index contributed by atoms with van der Waals surface area (Å²) >= 11 is 3.28. The Kier molecular flexibility index (Phi) is 12.5. The van der Waals surface area contributed by atoms with E-state index in [1.165, 1.54) is 25.7 Å². The van der Waals surface area contributed by atoms with Crippen LogP contribution in [0.5, 0.6) is 0 Å². The van der Waals surface area contributed by atoms with Crippen molar-refractivity contribution in [3.8, 4) is 0 Å². The molecule has 94 valence electrons. The molecule has 0 atom stereocenters. The molecule has 0 saturated carbocycles. The van der Waals surface area contributed by atoms with Crippen molar-refractivity contribution in [2.75, 3.05) is 11.9 Å². The molecule has 0 heterocycles. The number of esters is 1. The number of carbonyl (C=O) groups is 1. The maximum Gasteiger partial charge on any atom is 0.306 e. The van der Waals surface area contributed by atoms with Crippen LogP contribution in [0.4, 0.5) is 0 Å². The van der Waals surface area contributed by atoms with Crippen LogP contribution in [0.25, 0.3) is 0 Å². The predicted molar refractivity (Wildman–Crippen MR) is 71.9 cm³/mol. The van der Waals surface area contributed by atoms with E-state index in [1.54, 1.807) is 0 Å². The third kappa shape index (κ3) is 11.8. The fraction of sp³-hybridized carbons (Fsp3) is 0.769. The standard InChI is InChI=1S/C13H23BrO2/c1-2-3-4-5-6-7-8-12-16-13(15)10-9-11-14/h7-8H,2-6,9-12H2,1H3. The Labute approximate surface area is 108 Å². The van der Waals surface area contributed by atoms with E-state index in [2.05, 4.69) is 28.9 Å². The van der Waals surface area contributed by atoms with E-state index in [4.69, 9.17) is 4.74 Å². The number of allylic oxidation sites excluding steroid dienone is 1. The predicted octanol–water partition coefficient (Wildman–Crippen LogP) is 4.23. The normalized spacial score (nSPS) is 10.9. The average molecular weight is 291 g/mol. The Morgan fingerprint density at radius 3 is 2.69 bits per heavy atom. The molecule has 0 spiro atoms. The molecule has 2 nitrogen and oxygen atoms in total. The SMILES string of the molecule is CCCCCCC=CCOC(=O)CCCBr. The molecule has 0 amide bonds. The van der Waals surface area contributed by atoms with Crippen molar-refractivity contribution in [1.82, 2.24) is 0 Å². The molecule has 0 aromatic carbocycles. The molecular weight excluding hydrogens is 268 g/mol. The lowest BCUT2D eigenvalue weighted by Gasteiger charge is -1.99. The average Bonchev–Trinajstić information content (AvgIpc) is 2.30. The maximum absolute atomic E-state index is 11.1. The van der Waals surface area contributed by atoms with Gasteiger partial charge in [-0.25, -0.2) is 0 Å². The van der Waals surface area contributed by atoms with Crippen molar-refractivity contribution >= 4 is 21.9 Å². The van der Waals surface area contributed by atoms with E-state index in [0.717, 1.165) is 18.2 Å². The first kappa shape index (κ1) is 15.7. The number of halogens is 1. The van der Waals surface area contributed by atoms with Crippen LogP contribution >= 0.6 is 15.9 Å². The number of rotatable bonds is 10. The van der Waals surface area contributed by atoms with Gasteiger partial charge in [-0.15, -0.1) is 0 Å². The van der Waals surface area contributed by atoms with Crippen molar-refractivity contribution in [1.29, 1.82) is 0 Å². The second kappa shape index (κ2) is 12.8. The van der Waals surface area contributed by atoms with E-state index in [9.17, 15) is 4.79 Å². The Morgan fingerprint density at radius 2 is 2.00 bits per heavy atom. The van der Waals surface area contributed by atoms with Gasteiger partial charge in [0, 0.05) is 11.8 Å². The topological polar surface area (TPSA) is 26.3 Å². The second-order valence-corrected chi connectivity index (χ2v) is 4.59. The van der Waals surface area contributed by atoms with Crippen LogP contribution in [0.2, 0.25) is 0 Å². The maximum atomic E-state index is 11.1. The summed E-state index contributed by atoms with van der Waals surface area (Å²) in [5, 5.41) is 0.857. The fourth-order valence-corrected chi connectivity index (χ4v) is 1.58. The minimum absolute atomic E-state index is 0.102. The van der Waals surface area contributed by atoms with Crippen molar-refractivity contribution in [3.63, 3.8) is 0 Å². The van der Waals surface area contributed by atoms with Crippen molar-refractivity contribution in [2.24, 2.45) is 0 Å². The van der Waals surface area contributed by atoms with Crippen LogP contribution in [0, 0.1) is 0 Å². The molecule has 0 radical (unpaired) electrons. The Balaban J connectivity index is 3.23. The zero-order valence-electron chi connectivity index (χ0n) is 10.2. The number of hydrogen-bond donors (Lipinski definition) is 0. The van der Waals surface area contributed by atoms with Gasteiger partial charge in [-0.05, 0) is 19.3 Å². The fourth-order valence-electron chi connectivity index (χ4n) is 1.30. The lowest BCUT2D eigenvalue weighted by atomic mass is 10.1. The monoisotopic (exact) mass is 290 g/mol. The van der Waals surface area contributed by atoms with E-state index in [-0.39, 0.29) is 5.97 Å². The lowest BCUT2D eigenvalue weighted by molar-refractivity contribution is -0.142. The Morgan fingerprint density at radius 1 is 1.19 bits per heavy atom. The molecule has 3 heteroatoms. The molecular formula is C13H23BrO2. The number of hydrogen-bond acceptors (Lipinski definition) is 2. The summed E-state index contributed by atoms with van der Waals surface area (Å²) in [6, 6.07) is 0. The summed E-state index contributed by atoms with van der Waals surface area (Å²) in [4.78, 5) is 11.1. The van der Waals surface area contributed by atoms with Gasteiger partial charge in [-0.2, -0.15) is 0 Å². The summed E-state index contributed by atoms with van der Waals surface area (Å²) in [7, 11) is 0. The van der Waals surface area contributed by atoms with E-state index < -0.39 is 0 Å². The summed E-state index contributed by atoms with van der Waals surface area (Å²) < 4.78 is 5.03.